The SMILES string of the molecule is Bc1cnc(N2CC(=NOC)C2)c(C(C)(C)OC2CCCCO2)c1. The Hall–Kier alpha value is -1.60. The molecule has 1 aromatic rings. The van der Waals surface area contributed by atoms with Crippen molar-refractivity contribution in [1.82, 2.24) is 4.98 Å². The summed E-state index contributed by atoms with van der Waals surface area (Å²) in [6.07, 6.45) is 4.99. The number of pyridine rings is 1. The molecule has 3 rings (SSSR count). The van der Waals surface area contributed by atoms with Gasteiger partial charge < -0.3 is 19.2 Å². The Morgan fingerprint density at radius 1 is 1.38 bits per heavy atom. The maximum atomic E-state index is 6.31. The molecule has 0 bridgehead atoms. The zero-order chi connectivity index (χ0) is 17.2. The minimum atomic E-state index is -0.468. The molecular formula is C17H26BN3O3. The molecule has 0 aromatic carbocycles. The highest BCUT2D eigenvalue weighted by Gasteiger charge is 2.34. The van der Waals surface area contributed by atoms with Crippen molar-refractivity contribution in [3.05, 3.63) is 17.8 Å². The molecule has 2 fully saturated rings. The van der Waals surface area contributed by atoms with Gasteiger partial charge in [0.15, 0.2) is 6.29 Å². The predicted octanol–water partition coefficient (Wildman–Crippen LogP) is 0.941. The molecule has 1 atom stereocenters. The number of oxime groups is 1. The Bertz CT molecular complexity index is 607. The Morgan fingerprint density at radius 2 is 2.17 bits per heavy atom. The van der Waals surface area contributed by atoms with Crippen molar-refractivity contribution in [1.29, 1.82) is 0 Å². The van der Waals surface area contributed by atoms with Gasteiger partial charge in [0.25, 0.3) is 0 Å². The second kappa shape index (κ2) is 7.11. The maximum absolute atomic E-state index is 6.31. The number of aromatic nitrogens is 1. The number of rotatable bonds is 5. The Morgan fingerprint density at radius 3 is 2.83 bits per heavy atom. The Balaban J connectivity index is 1.80. The van der Waals surface area contributed by atoms with Crippen molar-refractivity contribution in [2.24, 2.45) is 5.16 Å². The summed E-state index contributed by atoms with van der Waals surface area (Å²) in [6.45, 7) is 6.45. The molecule has 0 N–H and O–H groups in total. The zero-order valence-electron chi connectivity index (χ0n) is 15.0. The van der Waals surface area contributed by atoms with Gasteiger partial charge in [0.2, 0.25) is 0 Å². The lowest BCUT2D eigenvalue weighted by molar-refractivity contribution is -0.218. The van der Waals surface area contributed by atoms with E-state index >= 15 is 0 Å². The lowest BCUT2D eigenvalue weighted by atomic mass is 9.90. The molecule has 0 spiro atoms. The topological polar surface area (TPSA) is 56.2 Å². The van der Waals surface area contributed by atoms with Crippen LogP contribution >= 0.6 is 0 Å². The van der Waals surface area contributed by atoms with Crippen LogP contribution in [0, 0.1) is 0 Å². The summed E-state index contributed by atoms with van der Waals surface area (Å²) in [5, 5.41) is 4.00. The monoisotopic (exact) mass is 331 g/mol. The third kappa shape index (κ3) is 3.73. The highest BCUT2D eigenvalue weighted by atomic mass is 16.7. The van der Waals surface area contributed by atoms with Gasteiger partial charge in [0, 0.05) is 18.4 Å². The van der Waals surface area contributed by atoms with Crippen LogP contribution < -0.4 is 10.4 Å². The Labute approximate surface area is 144 Å². The molecule has 2 aliphatic heterocycles. The lowest BCUT2D eigenvalue weighted by Crippen LogP contribution is -2.49. The molecule has 3 heterocycles. The molecule has 130 valence electrons. The van der Waals surface area contributed by atoms with E-state index in [0.29, 0.717) is 0 Å². The molecule has 2 saturated heterocycles. The van der Waals surface area contributed by atoms with Crippen molar-refractivity contribution in [2.75, 3.05) is 31.7 Å². The fourth-order valence-corrected chi connectivity index (χ4v) is 3.18. The van der Waals surface area contributed by atoms with Crippen LogP contribution in [-0.4, -0.2) is 51.6 Å². The minimum absolute atomic E-state index is 0.135. The lowest BCUT2D eigenvalue weighted by Gasteiger charge is -2.39. The van der Waals surface area contributed by atoms with Gasteiger partial charge in [-0.3, -0.25) is 0 Å². The van der Waals surface area contributed by atoms with Gasteiger partial charge in [0.05, 0.1) is 24.4 Å². The summed E-state index contributed by atoms with van der Waals surface area (Å²) in [6, 6.07) is 2.16. The van der Waals surface area contributed by atoms with Crippen molar-refractivity contribution in [3.8, 4) is 0 Å². The van der Waals surface area contributed by atoms with E-state index in [0.717, 1.165) is 61.5 Å². The van der Waals surface area contributed by atoms with E-state index in [1.54, 1.807) is 7.11 Å². The largest absolute Gasteiger partial charge is 0.399 e. The van der Waals surface area contributed by atoms with E-state index in [1.807, 2.05) is 6.20 Å². The second-order valence-corrected chi connectivity index (χ2v) is 7.00. The molecule has 0 saturated carbocycles. The molecule has 24 heavy (non-hydrogen) atoms. The second-order valence-electron chi connectivity index (χ2n) is 7.00. The first-order valence-corrected chi connectivity index (χ1v) is 8.60. The summed E-state index contributed by atoms with van der Waals surface area (Å²) < 4.78 is 12.1. The molecule has 0 amide bonds. The van der Waals surface area contributed by atoms with Crippen LogP contribution in [0.2, 0.25) is 0 Å². The van der Waals surface area contributed by atoms with E-state index in [2.05, 4.69) is 42.8 Å². The molecule has 7 heteroatoms. The molecule has 2 aliphatic rings. The first kappa shape index (κ1) is 17.2. The van der Waals surface area contributed by atoms with Crippen LogP contribution in [0.15, 0.2) is 17.4 Å². The summed E-state index contributed by atoms with van der Waals surface area (Å²) in [4.78, 5) is 11.7. The smallest absolute Gasteiger partial charge is 0.158 e. The Kier molecular flexibility index (Phi) is 5.11. The third-order valence-electron chi connectivity index (χ3n) is 4.48. The van der Waals surface area contributed by atoms with Crippen molar-refractivity contribution < 1.29 is 14.3 Å². The first-order chi connectivity index (χ1) is 11.5. The van der Waals surface area contributed by atoms with Gasteiger partial charge in [-0.2, -0.15) is 0 Å². The summed E-state index contributed by atoms with van der Waals surface area (Å²) in [5.41, 5.74) is 2.78. The van der Waals surface area contributed by atoms with E-state index in [4.69, 9.17) is 14.3 Å². The first-order valence-electron chi connectivity index (χ1n) is 8.60. The number of anilines is 1. The maximum Gasteiger partial charge on any atom is 0.158 e. The summed E-state index contributed by atoms with van der Waals surface area (Å²) in [7, 11) is 3.63. The van der Waals surface area contributed by atoms with E-state index in [1.165, 1.54) is 0 Å². The average Bonchev–Trinajstić information content (AvgIpc) is 2.51. The molecule has 1 aromatic heterocycles. The molecule has 1 unspecified atom stereocenters. The number of hydrogen-bond acceptors (Lipinski definition) is 6. The van der Waals surface area contributed by atoms with Gasteiger partial charge in [-0.25, -0.2) is 4.98 Å². The molecular weight excluding hydrogens is 305 g/mol. The average molecular weight is 331 g/mol. The highest BCUT2D eigenvalue weighted by Crippen LogP contribution is 2.35. The fourth-order valence-electron chi connectivity index (χ4n) is 3.18. The zero-order valence-corrected chi connectivity index (χ0v) is 15.0. The minimum Gasteiger partial charge on any atom is -0.399 e. The van der Waals surface area contributed by atoms with E-state index in [9.17, 15) is 0 Å². The molecule has 0 aliphatic carbocycles. The van der Waals surface area contributed by atoms with Crippen LogP contribution in [-0.2, 0) is 19.9 Å². The van der Waals surface area contributed by atoms with Crippen LogP contribution in [0.1, 0.15) is 38.7 Å². The van der Waals surface area contributed by atoms with Crippen LogP contribution in [0.5, 0.6) is 0 Å². The van der Waals surface area contributed by atoms with Crippen LogP contribution in [0.25, 0.3) is 0 Å². The van der Waals surface area contributed by atoms with Gasteiger partial charge in [-0.15, -0.1) is 0 Å². The van der Waals surface area contributed by atoms with Crippen LogP contribution in [0.3, 0.4) is 0 Å². The standard InChI is InChI=1S/C17H26BN3O3/c1-17(2,24-15-6-4-5-7-23-15)14-8-12(18)9-19-16(14)21-10-13(11-21)20-22-3/h8-9,15H,4-7,10-11,18H2,1-3H3. The number of nitrogens with zero attached hydrogens (tertiary/aromatic N) is 3. The quantitative estimate of drug-likeness (QED) is 0.594. The number of hydrogen-bond donors (Lipinski definition) is 0. The summed E-state index contributed by atoms with van der Waals surface area (Å²) >= 11 is 0. The third-order valence-corrected chi connectivity index (χ3v) is 4.48. The van der Waals surface area contributed by atoms with Crippen molar-refractivity contribution in [3.63, 3.8) is 0 Å². The predicted molar refractivity (Wildman–Crippen MR) is 96.8 cm³/mol. The number of ether oxygens (including phenoxy) is 2. The van der Waals surface area contributed by atoms with Gasteiger partial charge in [-0.05, 0) is 33.1 Å². The van der Waals surface area contributed by atoms with Crippen molar-refractivity contribution in [2.45, 2.75) is 45.0 Å². The van der Waals surface area contributed by atoms with Crippen LogP contribution in [0.4, 0.5) is 5.82 Å². The van der Waals surface area contributed by atoms with Gasteiger partial charge in [0.1, 0.15) is 20.8 Å². The fraction of sp³-hybridized carbons (Fsp3) is 0.647. The van der Waals surface area contributed by atoms with Crippen molar-refractivity contribution >= 4 is 24.8 Å². The van der Waals surface area contributed by atoms with Gasteiger partial charge >= 0.3 is 0 Å². The molecule has 6 nitrogen and oxygen atoms in total. The molecule has 0 radical (unpaired) electrons. The van der Waals surface area contributed by atoms with Gasteiger partial charge in [-0.1, -0.05) is 16.7 Å². The normalized spacial score (nSPS) is 21.4. The van der Waals surface area contributed by atoms with E-state index < -0.39 is 5.60 Å². The summed E-state index contributed by atoms with van der Waals surface area (Å²) in [5.74, 6) is 0.955. The van der Waals surface area contributed by atoms with E-state index in [-0.39, 0.29) is 6.29 Å². The highest BCUT2D eigenvalue weighted by molar-refractivity contribution is 6.32.